The first-order chi connectivity index (χ1) is 20.9. The molecule has 0 amide bonds. The molecule has 6 nitrogen and oxygen atoms in total. The predicted molar refractivity (Wildman–Crippen MR) is 167 cm³/mol. The molecule has 0 aliphatic rings. The van der Waals surface area contributed by atoms with Gasteiger partial charge in [0.05, 0.1) is 23.5 Å². The van der Waals surface area contributed by atoms with Crippen molar-refractivity contribution >= 4 is 11.5 Å². The predicted octanol–water partition coefficient (Wildman–Crippen LogP) is 6.83. The van der Waals surface area contributed by atoms with Gasteiger partial charge in [-0.15, -0.1) is 0 Å². The molecule has 2 heterocycles. The lowest BCUT2D eigenvalue weighted by Crippen LogP contribution is -2.25. The van der Waals surface area contributed by atoms with Gasteiger partial charge in [0, 0.05) is 43.1 Å². The van der Waals surface area contributed by atoms with Crippen molar-refractivity contribution in [1.29, 1.82) is 0 Å². The van der Waals surface area contributed by atoms with Crippen molar-refractivity contribution in [3.05, 3.63) is 148 Å². The van der Waals surface area contributed by atoms with Crippen molar-refractivity contribution in [3.63, 3.8) is 0 Å². The van der Waals surface area contributed by atoms with Crippen molar-refractivity contribution in [2.45, 2.75) is 19.6 Å². The average molecular weight is 576 g/mol. The minimum atomic E-state index is -0.657. The van der Waals surface area contributed by atoms with Crippen LogP contribution in [0.1, 0.15) is 16.8 Å². The minimum absolute atomic E-state index is 0.0993. The van der Waals surface area contributed by atoms with Gasteiger partial charge in [-0.05, 0) is 42.4 Å². The zero-order chi connectivity index (χ0) is 29.9. The highest BCUT2D eigenvalue weighted by molar-refractivity contribution is 5.70. The van der Waals surface area contributed by atoms with Gasteiger partial charge in [0.25, 0.3) is 5.56 Å². The Morgan fingerprint density at radius 3 is 2.09 bits per heavy atom. The normalized spacial score (nSPS) is 11.4. The second-order valence-electron chi connectivity index (χ2n) is 10.6. The van der Waals surface area contributed by atoms with Crippen LogP contribution in [0.25, 0.3) is 28.2 Å². The molecule has 43 heavy (non-hydrogen) atoms. The highest BCUT2D eigenvalue weighted by atomic mass is 19.1. The molecule has 0 fully saturated rings. The van der Waals surface area contributed by atoms with Crippen LogP contribution in [0.5, 0.6) is 0 Å². The summed E-state index contributed by atoms with van der Waals surface area (Å²) in [5, 5.41) is 3.13. The maximum Gasteiger partial charge on any atom is 0.267 e. The van der Waals surface area contributed by atoms with Crippen LogP contribution in [-0.4, -0.2) is 32.9 Å². The summed E-state index contributed by atoms with van der Waals surface area (Å²) in [6.07, 6.45) is 1.65. The van der Waals surface area contributed by atoms with E-state index < -0.39 is 11.6 Å². The SMILES string of the molecule is CNc1ccc(-c2nc3n(Cc4c(F)cccc4F)cc(-c4ccccc4)c(=O)n3c2CN(C)Cc2ccccc2)cc1. The molecule has 0 bridgehead atoms. The molecule has 0 aliphatic heterocycles. The van der Waals surface area contributed by atoms with E-state index in [-0.39, 0.29) is 17.7 Å². The third-order valence-electron chi connectivity index (χ3n) is 7.57. The molecule has 4 aromatic carbocycles. The summed E-state index contributed by atoms with van der Waals surface area (Å²) in [5.74, 6) is -1.01. The monoisotopic (exact) mass is 575 g/mol. The Bertz CT molecular complexity index is 1910. The molecule has 8 heteroatoms. The molecule has 0 saturated heterocycles. The summed E-state index contributed by atoms with van der Waals surface area (Å²) < 4.78 is 33.0. The highest BCUT2D eigenvalue weighted by Crippen LogP contribution is 2.28. The Morgan fingerprint density at radius 1 is 0.791 bits per heavy atom. The van der Waals surface area contributed by atoms with Crippen molar-refractivity contribution in [2.75, 3.05) is 19.4 Å². The first-order valence-corrected chi connectivity index (χ1v) is 14.1. The Hall–Kier alpha value is -5.08. The smallest absolute Gasteiger partial charge is 0.267 e. The zero-order valence-electron chi connectivity index (χ0n) is 24.0. The summed E-state index contributed by atoms with van der Waals surface area (Å²) in [4.78, 5) is 21.4. The molecule has 0 spiro atoms. The first kappa shape index (κ1) is 28.1. The maximum absolute atomic E-state index is 14.9. The quantitative estimate of drug-likeness (QED) is 0.205. The van der Waals surface area contributed by atoms with Crippen molar-refractivity contribution < 1.29 is 8.78 Å². The molecule has 0 atom stereocenters. The van der Waals surface area contributed by atoms with Gasteiger partial charge in [-0.2, -0.15) is 0 Å². The Morgan fingerprint density at radius 2 is 1.44 bits per heavy atom. The molecule has 2 aromatic heterocycles. The van der Waals surface area contributed by atoms with E-state index >= 15 is 0 Å². The minimum Gasteiger partial charge on any atom is -0.388 e. The topological polar surface area (TPSA) is 54.6 Å². The van der Waals surface area contributed by atoms with Crippen LogP contribution in [0, 0.1) is 11.6 Å². The maximum atomic E-state index is 14.9. The summed E-state index contributed by atoms with van der Waals surface area (Å²) in [7, 11) is 3.85. The fraction of sp³-hybridized carbons (Fsp3) is 0.143. The number of imidazole rings is 1. The van der Waals surface area contributed by atoms with Crippen LogP contribution >= 0.6 is 0 Å². The molecule has 1 N–H and O–H groups in total. The molecule has 0 unspecified atom stereocenters. The largest absolute Gasteiger partial charge is 0.388 e. The summed E-state index contributed by atoms with van der Waals surface area (Å²) in [5.41, 5.74) is 4.99. The van der Waals surface area contributed by atoms with E-state index in [0.29, 0.717) is 41.4 Å². The van der Waals surface area contributed by atoms with Crippen molar-refractivity contribution in [3.8, 4) is 22.4 Å². The van der Waals surface area contributed by atoms with E-state index in [1.54, 1.807) is 15.2 Å². The number of halogens is 2. The lowest BCUT2D eigenvalue weighted by molar-refractivity contribution is 0.314. The number of anilines is 1. The third kappa shape index (κ3) is 5.69. The molecule has 6 aromatic rings. The summed E-state index contributed by atoms with van der Waals surface area (Å²) >= 11 is 0. The van der Waals surface area contributed by atoms with E-state index in [1.807, 2.05) is 86.9 Å². The zero-order valence-corrected chi connectivity index (χ0v) is 24.0. The fourth-order valence-electron chi connectivity index (χ4n) is 5.40. The van der Waals surface area contributed by atoms with E-state index in [0.717, 1.165) is 16.8 Å². The van der Waals surface area contributed by atoms with Crippen LogP contribution in [0.15, 0.2) is 114 Å². The van der Waals surface area contributed by atoms with E-state index in [9.17, 15) is 13.6 Å². The summed E-state index contributed by atoms with van der Waals surface area (Å²) in [6.45, 7) is 0.913. The number of aromatic nitrogens is 3. The van der Waals surface area contributed by atoms with Gasteiger partial charge < -0.3 is 9.88 Å². The molecule has 0 aliphatic carbocycles. The number of hydrogen-bond acceptors (Lipinski definition) is 4. The Kier molecular flexibility index (Phi) is 7.85. The number of nitrogens with one attached hydrogen (secondary N) is 1. The number of nitrogens with zero attached hydrogens (tertiary/aromatic N) is 4. The lowest BCUT2D eigenvalue weighted by Gasteiger charge is -2.18. The molecule has 6 rings (SSSR count). The van der Waals surface area contributed by atoms with Gasteiger partial charge in [0.2, 0.25) is 5.78 Å². The molecular formula is C35H31F2N5O. The van der Waals surface area contributed by atoms with Gasteiger partial charge in [0.1, 0.15) is 11.6 Å². The standard InChI is InChI=1S/C35H31F2N5O/c1-38-27-18-16-26(17-19-27)33-32(23-40(2)20-24-10-5-3-6-11-24)42-34(43)28(25-12-7-4-8-13-25)21-41(35(42)39-33)22-29-30(36)14-9-15-31(29)37/h3-19,21,38H,20,22-23H2,1-2H3. The first-order valence-electron chi connectivity index (χ1n) is 14.1. The van der Waals surface area contributed by atoms with Gasteiger partial charge in [-0.3, -0.25) is 9.69 Å². The van der Waals surface area contributed by atoms with Crippen LogP contribution in [0.4, 0.5) is 14.5 Å². The highest BCUT2D eigenvalue weighted by Gasteiger charge is 2.23. The van der Waals surface area contributed by atoms with Gasteiger partial charge in [-0.25, -0.2) is 18.2 Å². The van der Waals surface area contributed by atoms with Gasteiger partial charge in [-0.1, -0.05) is 78.9 Å². The molecule has 216 valence electrons. The molecule has 0 radical (unpaired) electrons. The van der Waals surface area contributed by atoms with Crippen LogP contribution in [0.2, 0.25) is 0 Å². The van der Waals surface area contributed by atoms with Crippen LogP contribution in [-0.2, 0) is 19.6 Å². The van der Waals surface area contributed by atoms with Gasteiger partial charge in [0.15, 0.2) is 0 Å². The second kappa shape index (κ2) is 12.0. The number of rotatable bonds is 9. The third-order valence-corrected chi connectivity index (χ3v) is 7.57. The number of fused-ring (bicyclic) bond motifs is 1. The van der Waals surface area contributed by atoms with E-state index in [2.05, 4.69) is 22.3 Å². The van der Waals surface area contributed by atoms with E-state index in [4.69, 9.17) is 4.98 Å². The summed E-state index contributed by atoms with van der Waals surface area (Å²) in [6, 6.07) is 31.0. The van der Waals surface area contributed by atoms with Gasteiger partial charge >= 0.3 is 0 Å². The lowest BCUT2D eigenvalue weighted by atomic mass is 10.1. The number of hydrogen-bond donors (Lipinski definition) is 1. The van der Waals surface area contributed by atoms with Crippen molar-refractivity contribution in [1.82, 2.24) is 18.9 Å². The van der Waals surface area contributed by atoms with E-state index in [1.165, 1.54) is 18.2 Å². The van der Waals surface area contributed by atoms with Crippen LogP contribution in [0.3, 0.4) is 0 Å². The molecule has 0 saturated carbocycles. The molecular weight excluding hydrogens is 544 g/mol. The Balaban J connectivity index is 1.59. The van der Waals surface area contributed by atoms with Crippen LogP contribution < -0.4 is 10.9 Å². The number of benzene rings is 4. The van der Waals surface area contributed by atoms with Crippen molar-refractivity contribution in [2.24, 2.45) is 0 Å². The Labute approximate surface area is 248 Å². The average Bonchev–Trinajstić information content (AvgIpc) is 3.40. The fourth-order valence-corrected chi connectivity index (χ4v) is 5.40. The second-order valence-corrected chi connectivity index (χ2v) is 10.6.